The van der Waals surface area contributed by atoms with Gasteiger partial charge in [-0.05, 0) is 88.1 Å². The standard InChI is InChI=1S/C53H72N12O4S/c1-5-36(3)50(66)58-47(33-62-28-16-21-44(62)32-64-53(56-35-57-64)70-45-22-14-9-15-23-45)37(4)69-34-41-31-63(61-60-41)30-40-24-25-42-26-27-43(65(42)52(68)49(40)59-51(67)46(54)6-2)29-55-48(38-17-10-7-11-18-38)39-19-12-8-13-20-39/h7-15,17-20,22-23,31,35-37,40,42-44,46-49,55H,5-6,16,21,24-30,32-34,54H2,1-4H3,(H,58,66)(H,59,67)/t36-,37-,40-,42+,43+,44?,46+,47-,49+/m1/s1. The van der Waals surface area contributed by atoms with Gasteiger partial charge in [-0.15, -0.1) is 5.10 Å². The molecule has 1 unspecified atom stereocenters. The van der Waals surface area contributed by atoms with Gasteiger partial charge in [0.25, 0.3) is 0 Å². The molecule has 70 heavy (non-hydrogen) atoms. The molecule has 0 spiro atoms. The van der Waals surface area contributed by atoms with Gasteiger partial charge in [-0.1, -0.05) is 117 Å². The minimum Gasteiger partial charge on any atom is -0.370 e. The Bertz CT molecular complexity index is 2380. The van der Waals surface area contributed by atoms with Crippen LogP contribution in [0.1, 0.15) is 102 Å². The number of nitrogens with two attached hydrogens (primary N) is 1. The Morgan fingerprint density at radius 2 is 1.56 bits per heavy atom. The average Bonchev–Trinajstić information content (AvgIpc) is 4.21. The number of hydrogen-bond donors (Lipinski definition) is 4. The van der Waals surface area contributed by atoms with Crippen molar-refractivity contribution in [1.29, 1.82) is 0 Å². The van der Waals surface area contributed by atoms with E-state index in [1.54, 1.807) is 22.8 Å². The molecule has 2 aromatic heterocycles. The molecule has 3 fully saturated rings. The van der Waals surface area contributed by atoms with E-state index in [0.29, 0.717) is 38.3 Å². The topological polar surface area (TPSA) is 190 Å². The highest BCUT2D eigenvalue weighted by Gasteiger charge is 2.46. The van der Waals surface area contributed by atoms with Gasteiger partial charge in [0.2, 0.25) is 17.7 Å². The van der Waals surface area contributed by atoms with Crippen molar-refractivity contribution >= 4 is 29.5 Å². The number of ether oxygens (including phenoxy) is 1. The first-order valence-electron chi connectivity index (χ1n) is 25.5. The number of nitrogens with zero attached hydrogens (tertiary/aromatic N) is 8. The predicted molar refractivity (Wildman–Crippen MR) is 270 cm³/mol. The monoisotopic (exact) mass is 973 g/mol. The summed E-state index contributed by atoms with van der Waals surface area (Å²) < 4.78 is 10.3. The number of rotatable bonds is 23. The number of likely N-dealkylation sites (tertiary alicyclic amines) is 1. The summed E-state index contributed by atoms with van der Waals surface area (Å²) in [6.45, 7) is 11.3. The Kier molecular flexibility index (Phi) is 17.9. The zero-order valence-electron chi connectivity index (χ0n) is 41.2. The van der Waals surface area contributed by atoms with E-state index in [9.17, 15) is 14.4 Å². The number of nitrogens with one attached hydrogen (secondary N) is 3. The summed E-state index contributed by atoms with van der Waals surface area (Å²) in [5.74, 6) is -0.762. The van der Waals surface area contributed by atoms with Crippen LogP contribution >= 0.6 is 11.8 Å². The van der Waals surface area contributed by atoms with Crippen LogP contribution in [0.3, 0.4) is 0 Å². The van der Waals surface area contributed by atoms with E-state index in [1.165, 1.54) is 0 Å². The Labute approximate surface area is 417 Å². The van der Waals surface area contributed by atoms with E-state index in [1.807, 2.05) is 68.9 Å². The van der Waals surface area contributed by atoms with Gasteiger partial charge in [-0.25, -0.2) is 9.67 Å². The van der Waals surface area contributed by atoms with Crippen LogP contribution in [0.15, 0.2) is 114 Å². The molecule has 3 aromatic carbocycles. The number of carbonyl (C=O) groups is 3. The third kappa shape index (κ3) is 12.9. The number of carbonyl (C=O) groups excluding carboxylic acids is 3. The average molecular weight is 973 g/mol. The zero-order valence-corrected chi connectivity index (χ0v) is 42.0. The van der Waals surface area contributed by atoms with Gasteiger partial charge in [-0.3, -0.25) is 24.0 Å². The van der Waals surface area contributed by atoms with Crippen molar-refractivity contribution in [2.45, 2.75) is 157 Å². The Morgan fingerprint density at radius 1 is 0.857 bits per heavy atom. The van der Waals surface area contributed by atoms with Gasteiger partial charge in [-0.2, -0.15) is 5.10 Å². The molecule has 0 radical (unpaired) electrons. The van der Waals surface area contributed by atoms with Crippen molar-refractivity contribution in [1.82, 2.24) is 55.5 Å². The second-order valence-electron chi connectivity index (χ2n) is 19.4. The largest absolute Gasteiger partial charge is 0.370 e. The fraction of sp³-hybridized carbons (Fsp3) is 0.528. The summed E-state index contributed by atoms with van der Waals surface area (Å²) in [4.78, 5) is 52.0. The lowest BCUT2D eigenvalue weighted by Gasteiger charge is -2.34. The maximum atomic E-state index is 14.9. The molecule has 3 amide bonds. The normalized spacial score (nSPS) is 22.3. The molecule has 8 rings (SSSR count). The quantitative estimate of drug-likeness (QED) is 0.0599. The maximum absolute atomic E-state index is 14.9. The molecule has 374 valence electrons. The number of amides is 3. The molecule has 3 saturated heterocycles. The highest BCUT2D eigenvalue weighted by Crippen LogP contribution is 2.35. The highest BCUT2D eigenvalue weighted by molar-refractivity contribution is 7.99. The van der Waals surface area contributed by atoms with Crippen LogP contribution in [0.4, 0.5) is 0 Å². The number of benzene rings is 3. The van der Waals surface area contributed by atoms with Gasteiger partial charge in [0.15, 0.2) is 5.16 Å². The summed E-state index contributed by atoms with van der Waals surface area (Å²) in [6.07, 6.45) is 9.72. The van der Waals surface area contributed by atoms with E-state index in [4.69, 9.17) is 10.5 Å². The summed E-state index contributed by atoms with van der Waals surface area (Å²) in [5.41, 5.74) is 9.22. The first-order valence-corrected chi connectivity index (χ1v) is 26.3. The van der Waals surface area contributed by atoms with Crippen LogP contribution in [0, 0.1) is 11.8 Å². The smallest absolute Gasteiger partial charge is 0.246 e. The van der Waals surface area contributed by atoms with Crippen molar-refractivity contribution in [2.75, 3.05) is 19.6 Å². The lowest BCUT2D eigenvalue weighted by atomic mass is 9.92. The van der Waals surface area contributed by atoms with E-state index < -0.39 is 12.1 Å². The lowest BCUT2D eigenvalue weighted by Crippen LogP contribution is -2.57. The van der Waals surface area contributed by atoms with Crippen LogP contribution < -0.4 is 21.7 Å². The molecule has 16 nitrogen and oxygen atoms in total. The van der Waals surface area contributed by atoms with Crippen molar-refractivity contribution in [3.05, 3.63) is 120 Å². The minimum absolute atomic E-state index is 0.00793. The molecule has 17 heteroatoms. The van der Waals surface area contributed by atoms with Crippen LogP contribution in [-0.2, 0) is 38.8 Å². The fourth-order valence-electron chi connectivity index (χ4n) is 10.3. The van der Waals surface area contributed by atoms with Crippen LogP contribution in [0.25, 0.3) is 0 Å². The predicted octanol–water partition coefficient (Wildman–Crippen LogP) is 5.99. The molecule has 0 saturated carbocycles. The lowest BCUT2D eigenvalue weighted by molar-refractivity contribution is -0.139. The molecular formula is C53H72N12O4S. The third-order valence-electron chi connectivity index (χ3n) is 14.7. The molecule has 9 atom stereocenters. The molecular weight excluding hydrogens is 901 g/mol. The van der Waals surface area contributed by atoms with Crippen molar-refractivity contribution < 1.29 is 19.1 Å². The Hall–Kier alpha value is -5.46. The molecule has 3 aliphatic heterocycles. The fourth-order valence-corrected chi connectivity index (χ4v) is 11.1. The first-order chi connectivity index (χ1) is 34.1. The van der Waals surface area contributed by atoms with Gasteiger partial charge < -0.3 is 31.3 Å². The number of hydrogen-bond acceptors (Lipinski definition) is 12. The molecule has 0 aliphatic carbocycles. The van der Waals surface area contributed by atoms with Gasteiger partial charge in [0.1, 0.15) is 18.1 Å². The Morgan fingerprint density at radius 3 is 2.26 bits per heavy atom. The summed E-state index contributed by atoms with van der Waals surface area (Å²) >= 11 is 1.60. The summed E-state index contributed by atoms with van der Waals surface area (Å²) in [5, 5.41) is 24.7. The number of fused-ring (bicyclic) bond motifs is 1. The SMILES string of the molecule is CC[C@@H](C)C(=O)N[C@H](CN1CCCC1Cn1ncnc1Sc1ccccc1)[C@@H](C)OCc1cn(C[C@H]2CC[C@H]3CC[C@@H](CNC(c4ccccc4)c4ccccc4)N3C(=O)[C@H]2NC(=O)[C@@H](N)CC)nn1. The van der Waals surface area contributed by atoms with E-state index in [0.717, 1.165) is 72.7 Å². The van der Waals surface area contributed by atoms with Crippen LogP contribution in [0.2, 0.25) is 0 Å². The maximum Gasteiger partial charge on any atom is 0.246 e. The van der Waals surface area contributed by atoms with E-state index in [2.05, 4.69) is 107 Å². The molecule has 0 bridgehead atoms. The van der Waals surface area contributed by atoms with E-state index >= 15 is 0 Å². The number of aromatic nitrogens is 6. The molecule has 5 N–H and O–H groups in total. The molecule has 5 aromatic rings. The zero-order chi connectivity index (χ0) is 49.0. The van der Waals surface area contributed by atoms with Crippen molar-refractivity contribution in [3.63, 3.8) is 0 Å². The van der Waals surface area contributed by atoms with Crippen LogP contribution in [-0.4, -0.2) is 119 Å². The first kappa shape index (κ1) is 50.9. The van der Waals surface area contributed by atoms with E-state index in [-0.39, 0.29) is 72.5 Å². The van der Waals surface area contributed by atoms with Crippen molar-refractivity contribution in [2.24, 2.45) is 17.6 Å². The highest BCUT2D eigenvalue weighted by atomic mass is 32.2. The van der Waals surface area contributed by atoms with Gasteiger partial charge >= 0.3 is 0 Å². The molecule has 5 heterocycles. The molecule has 3 aliphatic rings. The van der Waals surface area contributed by atoms with Crippen LogP contribution in [0.5, 0.6) is 0 Å². The van der Waals surface area contributed by atoms with Gasteiger partial charge in [0, 0.05) is 54.5 Å². The Balaban J connectivity index is 0.921. The van der Waals surface area contributed by atoms with Gasteiger partial charge in [0.05, 0.1) is 43.6 Å². The summed E-state index contributed by atoms with van der Waals surface area (Å²) in [6, 6.07) is 29.4. The van der Waals surface area contributed by atoms with Crippen molar-refractivity contribution in [3.8, 4) is 0 Å². The second kappa shape index (κ2) is 24.6. The third-order valence-corrected chi connectivity index (χ3v) is 15.7. The second-order valence-corrected chi connectivity index (χ2v) is 20.5. The minimum atomic E-state index is -0.776. The summed E-state index contributed by atoms with van der Waals surface area (Å²) in [7, 11) is 0.